The van der Waals surface area contributed by atoms with E-state index < -0.39 is 5.82 Å². The van der Waals surface area contributed by atoms with Crippen LogP contribution in [0.1, 0.15) is 17.3 Å². The van der Waals surface area contributed by atoms with E-state index in [-0.39, 0.29) is 23.1 Å². The van der Waals surface area contributed by atoms with Crippen molar-refractivity contribution in [3.05, 3.63) is 48.0 Å². The fraction of sp³-hybridized carbons (Fsp3) is 0.294. The number of amides is 2. The van der Waals surface area contributed by atoms with Crippen molar-refractivity contribution < 1.29 is 14.0 Å². The Balaban J connectivity index is 1.72. The molecule has 8 heteroatoms. The van der Waals surface area contributed by atoms with E-state index in [9.17, 15) is 14.0 Å². The van der Waals surface area contributed by atoms with E-state index in [1.165, 1.54) is 19.1 Å². The molecule has 2 amide bonds. The molecule has 3 rings (SSSR count). The first-order valence-corrected chi connectivity index (χ1v) is 7.93. The largest absolute Gasteiger partial charge is 0.337 e. The van der Waals surface area contributed by atoms with Gasteiger partial charge >= 0.3 is 0 Å². The maximum Gasteiger partial charge on any atom is 0.256 e. The van der Waals surface area contributed by atoms with Crippen molar-refractivity contribution in [2.75, 3.05) is 36.4 Å². The summed E-state index contributed by atoms with van der Waals surface area (Å²) in [5, 5.41) is 2.51. The third-order valence-electron chi connectivity index (χ3n) is 3.92. The van der Waals surface area contributed by atoms with Crippen molar-refractivity contribution in [1.29, 1.82) is 0 Å². The number of aromatic nitrogens is 2. The Morgan fingerprint density at radius 1 is 1.12 bits per heavy atom. The highest BCUT2D eigenvalue weighted by Crippen LogP contribution is 2.20. The molecule has 0 radical (unpaired) electrons. The molecule has 0 spiro atoms. The molecule has 1 fully saturated rings. The molecule has 7 nitrogen and oxygen atoms in total. The van der Waals surface area contributed by atoms with Gasteiger partial charge in [-0.3, -0.25) is 9.59 Å². The van der Waals surface area contributed by atoms with Gasteiger partial charge in [0.05, 0.1) is 11.3 Å². The number of piperazine rings is 1. The third-order valence-corrected chi connectivity index (χ3v) is 3.92. The number of carbonyl (C=O) groups excluding carboxylic acids is 2. The standard InChI is InChI=1S/C17H18FN5O2/c1-12(24)21-15-11-13(18)3-4-14(15)16(25)22-7-9-23(10-8-22)17-19-5-2-6-20-17/h2-6,11H,7-10H2,1H3,(H,21,24). The van der Waals surface area contributed by atoms with Crippen LogP contribution in [-0.4, -0.2) is 52.9 Å². The van der Waals surface area contributed by atoms with Crippen LogP contribution in [0.2, 0.25) is 0 Å². The fourth-order valence-corrected chi connectivity index (χ4v) is 2.73. The van der Waals surface area contributed by atoms with Gasteiger partial charge in [-0.05, 0) is 24.3 Å². The molecule has 0 aliphatic carbocycles. The monoisotopic (exact) mass is 343 g/mol. The first-order valence-electron chi connectivity index (χ1n) is 7.93. The van der Waals surface area contributed by atoms with Gasteiger partial charge in [-0.1, -0.05) is 0 Å². The van der Waals surface area contributed by atoms with Crippen LogP contribution in [0, 0.1) is 5.82 Å². The van der Waals surface area contributed by atoms with E-state index in [1.807, 2.05) is 4.90 Å². The Morgan fingerprint density at radius 2 is 1.80 bits per heavy atom. The molecule has 130 valence electrons. The molecule has 2 heterocycles. The zero-order chi connectivity index (χ0) is 17.8. The number of anilines is 2. The summed E-state index contributed by atoms with van der Waals surface area (Å²) in [6.07, 6.45) is 3.36. The van der Waals surface area contributed by atoms with Crippen LogP contribution in [0.5, 0.6) is 0 Å². The fourth-order valence-electron chi connectivity index (χ4n) is 2.73. The normalized spacial score (nSPS) is 14.3. The topological polar surface area (TPSA) is 78.4 Å². The van der Waals surface area contributed by atoms with Crippen molar-refractivity contribution >= 4 is 23.5 Å². The molecule has 1 saturated heterocycles. The van der Waals surface area contributed by atoms with Crippen molar-refractivity contribution in [2.45, 2.75) is 6.92 Å². The highest BCUT2D eigenvalue weighted by molar-refractivity contribution is 6.03. The number of nitrogens with zero attached hydrogens (tertiary/aromatic N) is 4. The second-order valence-corrected chi connectivity index (χ2v) is 5.70. The molecule has 1 aromatic heterocycles. The van der Waals surface area contributed by atoms with Gasteiger partial charge in [-0.2, -0.15) is 0 Å². The number of nitrogens with one attached hydrogen (secondary N) is 1. The van der Waals surface area contributed by atoms with E-state index >= 15 is 0 Å². The van der Waals surface area contributed by atoms with Gasteiger partial charge in [-0.25, -0.2) is 14.4 Å². The number of halogens is 1. The molecule has 2 aromatic rings. The van der Waals surface area contributed by atoms with Gasteiger partial charge < -0.3 is 15.1 Å². The Morgan fingerprint density at radius 3 is 2.44 bits per heavy atom. The molecule has 0 saturated carbocycles. The van der Waals surface area contributed by atoms with Crippen LogP contribution < -0.4 is 10.2 Å². The minimum atomic E-state index is -0.508. The lowest BCUT2D eigenvalue weighted by molar-refractivity contribution is -0.114. The number of benzene rings is 1. The van der Waals surface area contributed by atoms with Gasteiger partial charge in [-0.15, -0.1) is 0 Å². The molecule has 0 unspecified atom stereocenters. The second-order valence-electron chi connectivity index (χ2n) is 5.70. The van der Waals surface area contributed by atoms with Crippen molar-refractivity contribution in [2.24, 2.45) is 0 Å². The molecule has 1 aliphatic rings. The Bertz CT molecular complexity index is 776. The van der Waals surface area contributed by atoms with Gasteiger partial charge in [0, 0.05) is 45.5 Å². The summed E-state index contributed by atoms with van der Waals surface area (Å²) in [7, 11) is 0. The lowest BCUT2D eigenvalue weighted by Gasteiger charge is -2.35. The van der Waals surface area contributed by atoms with Crippen LogP contribution in [0.25, 0.3) is 0 Å². The van der Waals surface area contributed by atoms with Crippen LogP contribution in [-0.2, 0) is 4.79 Å². The molecule has 1 aromatic carbocycles. The molecule has 0 atom stereocenters. The van der Waals surface area contributed by atoms with Crippen LogP contribution >= 0.6 is 0 Å². The SMILES string of the molecule is CC(=O)Nc1cc(F)ccc1C(=O)N1CCN(c2ncccn2)CC1. The summed E-state index contributed by atoms with van der Waals surface area (Å²) in [6, 6.07) is 5.52. The lowest BCUT2D eigenvalue weighted by Crippen LogP contribution is -2.49. The molecule has 1 N–H and O–H groups in total. The summed E-state index contributed by atoms with van der Waals surface area (Å²) < 4.78 is 13.4. The Labute approximate surface area is 144 Å². The van der Waals surface area contributed by atoms with E-state index in [1.54, 1.807) is 23.4 Å². The van der Waals surface area contributed by atoms with Crippen LogP contribution in [0.15, 0.2) is 36.7 Å². The summed E-state index contributed by atoms with van der Waals surface area (Å²) in [4.78, 5) is 36.2. The van der Waals surface area contributed by atoms with Gasteiger partial charge in [0.1, 0.15) is 5.82 Å². The number of hydrogen-bond acceptors (Lipinski definition) is 5. The van der Waals surface area contributed by atoms with Crippen molar-refractivity contribution in [3.63, 3.8) is 0 Å². The zero-order valence-corrected chi connectivity index (χ0v) is 13.8. The zero-order valence-electron chi connectivity index (χ0n) is 13.8. The van der Waals surface area contributed by atoms with Crippen LogP contribution in [0.4, 0.5) is 16.0 Å². The quantitative estimate of drug-likeness (QED) is 0.914. The van der Waals surface area contributed by atoms with Crippen LogP contribution in [0.3, 0.4) is 0 Å². The van der Waals surface area contributed by atoms with E-state index in [4.69, 9.17) is 0 Å². The van der Waals surface area contributed by atoms with Gasteiger partial charge in [0.25, 0.3) is 5.91 Å². The number of rotatable bonds is 3. The summed E-state index contributed by atoms with van der Waals surface area (Å²) in [6.45, 7) is 3.51. The molecular formula is C17H18FN5O2. The van der Waals surface area contributed by atoms with Gasteiger partial charge in [0.2, 0.25) is 11.9 Å². The number of carbonyl (C=O) groups is 2. The lowest BCUT2D eigenvalue weighted by atomic mass is 10.1. The maximum atomic E-state index is 13.4. The highest BCUT2D eigenvalue weighted by atomic mass is 19.1. The molecule has 0 bridgehead atoms. The summed E-state index contributed by atoms with van der Waals surface area (Å²) in [5.74, 6) is -0.468. The van der Waals surface area contributed by atoms with E-state index in [0.717, 1.165) is 6.07 Å². The second kappa shape index (κ2) is 7.25. The smallest absolute Gasteiger partial charge is 0.256 e. The minimum Gasteiger partial charge on any atom is -0.337 e. The van der Waals surface area contributed by atoms with E-state index in [2.05, 4.69) is 15.3 Å². The maximum absolute atomic E-state index is 13.4. The average molecular weight is 343 g/mol. The predicted molar refractivity (Wildman–Crippen MR) is 90.9 cm³/mol. The first-order chi connectivity index (χ1) is 12.0. The van der Waals surface area contributed by atoms with Crippen molar-refractivity contribution in [1.82, 2.24) is 14.9 Å². The Kier molecular flexibility index (Phi) is 4.87. The molecule has 1 aliphatic heterocycles. The number of hydrogen-bond donors (Lipinski definition) is 1. The Hall–Kier alpha value is -3.03. The summed E-state index contributed by atoms with van der Waals surface area (Å²) >= 11 is 0. The van der Waals surface area contributed by atoms with Crippen molar-refractivity contribution in [3.8, 4) is 0 Å². The van der Waals surface area contributed by atoms with E-state index in [0.29, 0.717) is 32.1 Å². The highest BCUT2D eigenvalue weighted by Gasteiger charge is 2.25. The molecular weight excluding hydrogens is 325 g/mol. The summed E-state index contributed by atoms with van der Waals surface area (Å²) in [5.41, 5.74) is 0.465. The minimum absolute atomic E-state index is 0.186. The third kappa shape index (κ3) is 3.90. The van der Waals surface area contributed by atoms with Gasteiger partial charge in [0.15, 0.2) is 0 Å². The first kappa shape index (κ1) is 16.8. The molecule has 25 heavy (non-hydrogen) atoms. The average Bonchev–Trinajstić information content (AvgIpc) is 2.62. The predicted octanol–water partition coefficient (Wildman–Crippen LogP) is 1.54.